The molecule has 2 aliphatic carbocycles. The zero-order chi connectivity index (χ0) is 34.3. The Morgan fingerprint density at radius 2 is 1.96 bits per heavy atom. The number of allylic oxidation sites excluding steroid dienone is 2. The van der Waals surface area contributed by atoms with Crippen LogP contribution in [0.4, 0.5) is 4.39 Å². The summed E-state index contributed by atoms with van der Waals surface area (Å²) in [5, 5.41) is -0.234. The van der Waals surface area contributed by atoms with Crippen molar-refractivity contribution < 1.29 is 31.9 Å². The Labute approximate surface area is 290 Å². The Kier molecular flexibility index (Phi) is 9.38. The summed E-state index contributed by atoms with van der Waals surface area (Å²) in [5.74, 6) is -2.00. The van der Waals surface area contributed by atoms with Crippen molar-refractivity contribution in [2.24, 2.45) is 17.3 Å². The van der Waals surface area contributed by atoms with Crippen LogP contribution in [0, 0.1) is 30.0 Å². The lowest BCUT2D eigenvalue weighted by molar-refractivity contribution is -0.142. The maximum Gasteiger partial charge on any atom is 0.274 e. The molecule has 0 radical (unpaired) electrons. The van der Waals surface area contributed by atoms with Crippen molar-refractivity contribution in [3.05, 3.63) is 71.6 Å². The van der Waals surface area contributed by atoms with Gasteiger partial charge in [0, 0.05) is 18.8 Å². The molecule has 7 rings (SSSR count). The van der Waals surface area contributed by atoms with Crippen molar-refractivity contribution in [3.63, 3.8) is 0 Å². The van der Waals surface area contributed by atoms with Crippen LogP contribution in [0.2, 0.25) is 0 Å². The van der Waals surface area contributed by atoms with E-state index in [1.54, 1.807) is 11.0 Å². The molecule has 3 aromatic rings. The molecule has 4 aliphatic rings. The average Bonchev–Trinajstić information content (AvgIpc) is 3.95. The minimum atomic E-state index is -3.80. The van der Waals surface area contributed by atoms with Gasteiger partial charge in [0.1, 0.15) is 11.9 Å². The lowest BCUT2D eigenvalue weighted by atomic mass is 9.89. The number of nitrogens with zero attached hydrogens (tertiary/aromatic N) is 2. The fourth-order valence-electron chi connectivity index (χ4n) is 7.51. The zero-order valence-corrected chi connectivity index (χ0v) is 29.2. The van der Waals surface area contributed by atoms with Crippen LogP contribution in [-0.2, 0) is 30.8 Å². The molecule has 1 aromatic heterocycles. The number of carbonyl (C=O) groups excluding carboxylic acids is 3. The number of ether oxygens (including phenoxy) is 1. The summed E-state index contributed by atoms with van der Waals surface area (Å²) in [6.45, 7) is 2.19. The predicted octanol–water partition coefficient (Wildman–Crippen LogP) is 6.05. The van der Waals surface area contributed by atoms with Crippen molar-refractivity contribution in [1.29, 1.82) is 0 Å². The Balaban J connectivity index is 1.18. The molecule has 2 amide bonds. The number of Topliss-reactive ketones (excluding diaryl/α,β-unsaturated/α-hetero) is 1. The highest BCUT2D eigenvalue weighted by Crippen LogP contribution is 2.57. The number of amides is 2. The van der Waals surface area contributed by atoms with Gasteiger partial charge in [-0.25, -0.2) is 17.8 Å². The number of aromatic nitrogens is 1. The molecule has 2 aliphatic heterocycles. The van der Waals surface area contributed by atoms with Gasteiger partial charge < -0.3 is 9.64 Å². The molecule has 2 aromatic carbocycles. The summed E-state index contributed by atoms with van der Waals surface area (Å²) in [6, 6.07) is 11.6. The molecule has 5 atom stereocenters. The summed E-state index contributed by atoms with van der Waals surface area (Å²) < 4.78 is 48.7. The third kappa shape index (κ3) is 7.45. The number of hydrogen-bond donors (Lipinski definition) is 1. The minimum absolute atomic E-state index is 0.118. The van der Waals surface area contributed by atoms with Crippen LogP contribution in [0.5, 0.6) is 5.19 Å². The first-order chi connectivity index (χ1) is 23.5. The van der Waals surface area contributed by atoms with Crippen LogP contribution in [0.1, 0.15) is 75.3 Å². The van der Waals surface area contributed by atoms with Gasteiger partial charge in [-0.2, -0.15) is 0 Å². The van der Waals surface area contributed by atoms with E-state index in [0.29, 0.717) is 47.5 Å². The normalized spacial score (nSPS) is 28.7. The molecule has 3 heterocycles. The first-order valence-corrected chi connectivity index (χ1v) is 19.7. The van der Waals surface area contributed by atoms with Crippen molar-refractivity contribution in [2.75, 3.05) is 6.54 Å². The van der Waals surface area contributed by atoms with E-state index in [9.17, 15) is 27.2 Å². The smallest absolute Gasteiger partial charge is 0.274 e. The quantitative estimate of drug-likeness (QED) is 0.297. The fourth-order valence-corrected chi connectivity index (χ4v) is 9.81. The van der Waals surface area contributed by atoms with E-state index in [1.165, 1.54) is 23.5 Å². The fraction of sp³-hybridized carbons (Fsp3) is 0.514. The molecule has 2 saturated carbocycles. The van der Waals surface area contributed by atoms with Gasteiger partial charge in [-0.3, -0.25) is 19.1 Å². The second-order valence-electron chi connectivity index (χ2n) is 14.3. The van der Waals surface area contributed by atoms with Gasteiger partial charge in [-0.15, -0.1) is 0 Å². The minimum Gasteiger partial charge on any atom is -0.465 e. The number of benzene rings is 2. The number of ketones is 1. The summed E-state index contributed by atoms with van der Waals surface area (Å²) in [4.78, 5) is 48.7. The second-order valence-corrected chi connectivity index (χ2v) is 17.3. The number of carbonyl (C=O) groups is 3. The number of thiazole rings is 1. The summed E-state index contributed by atoms with van der Waals surface area (Å²) >= 11 is 1.21. The van der Waals surface area contributed by atoms with E-state index in [-0.39, 0.29) is 48.7 Å². The number of fused-ring (bicyclic) bond motifs is 3. The topological polar surface area (TPSA) is 123 Å². The molecular formula is C37H42FN3O6S2. The van der Waals surface area contributed by atoms with Crippen LogP contribution in [0.15, 0.2) is 54.6 Å². The van der Waals surface area contributed by atoms with E-state index in [1.807, 2.05) is 37.3 Å². The molecule has 1 saturated heterocycles. The highest BCUT2D eigenvalue weighted by Gasteiger charge is 2.61. The van der Waals surface area contributed by atoms with Crippen LogP contribution in [0.3, 0.4) is 0 Å². The van der Waals surface area contributed by atoms with E-state index >= 15 is 0 Å². The standard InChI is InChI=1S/C37H42FN3O6S2/c1-23-8-7-9-24(16-23)17-25-10-5-3-2-4-6-11-26-20-37(26,35(44)40-49(45,46)29-13-14-29)21-32(42)31-19-28(22-41(31)34(25)43)47-36-39-30-15-12-27(38)18-33(30)48-36/h6-9,11-12,15-16,18,25-26,28-29,31H,2-5,10,13-14,17,19-22H2,1H3,(H,40,44)/b11-6-/t25-,26+,28-,31+,37-/m1/s1. The number of hydrogen-bond acceptors (Lipinski definition) is 8. The van der Waals surface area contributed by atoms with Crippen LogP contribution in [0.25, 0.3) is 10.2 Å². The van der Waals surface area contributed by atoms with Gasteiger partial charge in [-0.1, -0.05) is 66.2 Å². The molecule has 3 fully saturated rings. The third-order valence-corrected chi connectivity index (χ3v) is 13.2. The highest BCUT2D eigenvalue weighted by molar-refractivity contribution is 7.90. The van der Waals surface area contributed by atoms with Gasteiger partial charge in [0.2, 0.25) is 21.8 Å². The second kappa shape index (κ2) is 13.6. The number of sulfonamides is 1. The monoisotopic (exact) mass is 707 g/mol. The molecule has 49 heavy (non-hydrogen) atoms. The molecule has 1 N–H and O–H groups in total. The predicted molar refractivity (Wildman–Crippen MR) is 185 cm³/mol. The van der Waals surface area contributed by atoms with Gasteiger partial charge in [-0.05, 0) is 81.5 Å². The molecule has 9 nitrogen and oxygen atoms in total. The molecule has 0 spiro atoms. The van der Waals surface area contributed by atoms with Crippen LogP contribution < -0.4 is 9.46 Å². The van der Waals surface area contributed by atoms with Gasteiger partial charge in [0.05, 0.1) is 33.5 Å². The number of rotatable bonds is 7. The van der Waals surface area contributed by atoms with Gasteiger partial charge >= 0.3 is 0 Å². The van der Waals surface area contributed by atoms with Crippen molar-refractivity contribution >= 4 is 49.2 Å². The van der Waals surface area contributed by atoms with Crippen LogP contribution >= 0.6 is 11.3 Å². The maximum atomic E-state index is 14.5. The van der Waals surface area contributed by atoms with Gasteiger partial charge in [0.15, 0.2) is 5.78 Å². The number of aryl methyl sites for hydroxylation is 1. The van der Waals surface area contributed by atoms with E-state index in [2.05, 4.69) is 15.8 Å². The first kappa shape index (κ1) is 33.8. The van der Waals surface area contributed by atoms with E-state index in [0.717, 1.165) is 36.8 Å². The number of nitrogens with one attached hydrogen (secondary N) is 1. The summed E-state index contributed by atoms with van der Waals surface area (Å²) in [6.07, 6.45) is 9.68. The lowest BCUT2D eigenvalue weighted by Gasteiger charge is -2.29. The summed E-state index contributed by atoms with van der Waals surface area (Å²) in [7, 11) is -3.80. The van der Waals surface area contributed by atoms with Crippen molar-refractivity contribution in [3.8, 4) is 5.19 Å². The Bertz CT molecular complexity index is 1910. The van der Waals surface area contributed by atoms with Crippen molar-refractivity contribution in [2.45, 2.75) is 94.9 Å². The highest BCUT2D eigenvalue weighted by atomic mass is 32.2. The molecule has 0 unspecified atom stereocenters. The molecular weight excluding hydrogens is 666 g/mol. The third-order valence-electron chi connectivity index (χ3n) is 10.5. The van der Waals surface area contributed by atoms with Crippen LogP contribution in [-0.4, -0.2) is 59.8 Å². The molecule has 12 heteroatoms. The van der Waals surface area contributed by atoms with Crippen molar-refractivity contribution in [1.82, 2.24) is 14.6 Å². The van der Waals surface area contributed by atoms with Gasteiger partial charge in [0.25, 0.3) is 5.19 Å². The van der Waals surface area contributed by atoms with E-state index in [4.69, 9.17) is 4.74 Å². The SMILES string of the molecule is Cc1cccc(C[C@H]2CCCCC/C=C\[C@H]3C[C@@]3(C(=O)NS(=O)(=O)C3CC3)CC(=O)[C@@H]3C[C@@H](Oc4nc5ccc(F)cc5s4)CN3C2=O)c1. The largest absolute Gasteiger partial charge is 0.465 e. The van der Waals surface area contributed by atoms with E-state index < -0.39 is 38.7 Å². The summed E-state index contributed by atoms with van der Waals surface area (Å²) in [5.41, 5.74) is 1.59. The Hall–Kier alpha value is -3.64. The number of halogens is 1. The molecule has 0 bridgehead atoms. The Morgan fingerprint density at radius 3 is 2.76 bits per heavy atom. The first-order valence-electron chi connectivity index (χ1n) is 17.3. The molecule has 260 valence electrons. The lowest BCUT2D eigenvalue weighted by Crippen LogP contribution is -2.46. The average molecular weight is 708 g/mol. The Morgan fingerprint density at radius 1 is 1.12 bits per heavy atom. The zero-order valence-electron chi connectivity index (χ0n) is 27.6. The maximum absolute atomic E-state index is 14.5.